The highest BCUT2D eigenvalue weighted by Crippen LogP contribution is 2.35. The van der Waals surface area contributed by atoms with Crippen molar-refractivity contribution in [1.29, 1.82) is 0 Å². The van der Waals surface area contributed by atoms with E-state index in [2.05, 4.69) is 4.98 Å². The van der Waals surface area contributed by atoms with Crippen LogP contribution in [-0.4, -0.2) is 44.4 Å². The largest absolute Gasteiger partial charge is 0.392 e. The summed E-state index contributed by atoms with van der Waals surface area (Å²) in [7, 11) is 0. The summed E-state index contributed by atoms with van der Waals surface area (Å²) in [5.74, 6) is -1.69. The minimum atomic E-state index is -2.14. The molecule has 0 radical (unpaired) electrons. The summed E-state index contributed by atoms with van der Waals surface area (Å²) in [5, 5.41) is 18.5. The molecule has 2 heterocycles. The van der Waals surface area contributed by atoms with E-state index in [-0.39, 0.29) is 0 Å². The first-order valence-corrected chi connectivity index (χ1v) is 5.24. The molecule has 0 unspecified atom stereocenters. The predicted molar refractivity (Wildman–Crippen MR) is 57.9 cm³/mol. The molecule has 1 saturated heterocycles. The van der Waals surface area contributed by atoms with Crippen LogP contribution in [0.5, 0.6) is 0 Å². The van der Waals surface area contributed by atoms with Gasteiger partial charge in [0.2, 0.25) is 0 Å². The van der Waals surface area contributed by atoms with Gasteiger partial charge < -0.3 is 20.7 Å². The number of aliphatic hydroxyl groups excluding tert-OH is 2. The zero-order chi connectivity index (χ0) is 14.4. The number of hydrogen-bond acceptors (Lipinski definition) is 7. The number of hydrogen-bond donors (Lipinski definition) is 4. The van der Waals surface area contributed by atoms with E-state index in [0.29, 0.717) is 10.8 Å². The van der Waals surface area contributed by atoms with Crippen LogP contribution in [0.15, 0.2) is 11.0 Å². The second-order valence-corrected chi connectivity index (χ2v) is 4.17. The molecule has 10 heteroatoms. The van der Waals surface area contributed by atoms with Gasteiger partial charge in [-0.3, -0.25) is 10.3 Å². The van der Waals surface area contributed by atoms with E-state index in [0.717, 1.165) is 0 Å². The molecule has 1 aromatic rings. The van der Waals surface area contributed by atoms with Gasteiger partial charge in [-0.15, -0.1) is 0 Å². The Labute approximate surface area is 105 Å². The molecule has 2 rings (SSSR count). The van der Waals surface area contributed by atoms with E-state index in [4.69, 9.17) is 21.3 Å². The maximum Gasteiger partial charge on any atom is 0.351 e. The maximum atomic E-state index is 13.9. The third-order valence-corrected chi connectivity index (χ3v) is 2.87. The second kappa shape index (κ2) is 4.49. The highest BCUT2D eigenvalue weighted by atomic mass is 19.1. The first-order valence-electron chi connectivity index (χ1n) is 5.24. The van der Waals surface area contributed by atoms with Crippen molar-refractivity contribution in [2.45, 2.75) is 24.2 Å². The van der Waals surface area contributed by atoms with Crippen LogP contribution in [0.4, 0.5) is 14.6 Å². The molecule has 1 fully saturated rings. The third-order valence-electron chi connectivity index (χ3n) is 2.87. The number of aliphatic hydroxyl groups is 2. The number of nitrogens with zero attached hydrogens (tertiary/aromatic N) is 2. The highest BCUT2D eigenvalue weighted by Gasteiger charge is 2.54. The molecule has 19 heavy (non-hydrogen) atoms. The molecule has 8 nitrogen and oxygen atoms in total. The lowest BCUT2D eigenvalue weighted by molar-refractivity contribution is -0.125. The molecule has 106 valence electrons. The number of rotatable bonds is 2. The quantitative estimate of drug-likeness (QED) is 0.483. The van der Waals surface area contributed by atoms with Crippen LogP contribution < -0.4 is 17.2 Å². The summed E-state index contributed by atoms with van der Waals surface area (Å²) in [4.78, 5) is 14.6. The smallest absolute Gasteiger partial charge is 0.351 e. The van der Waals surface area contributed by atoms with Crippen LogP contribution in [0.1, 0.15) is 6.23 Å². The topological polar surface area (TPSA) is 137 Å². The molecule has 0 saturated carbocycles. The second-order valence-electron chi connectivity index (χ2n) is 4.17. The monoisotopic (exact) mass is 278 g/mol. The van der Waals surface area contributed by atoms with Gasteiger partial charge >= 0.3 is 5.69 Å². The van der Waals surface area contributed by atoms with Crippen molar-refractivity contribution in [3.05, 3.63) is 22.5 Å². The fourth-order valence-electron chi connectivity index (χ4n) is 1.77. The van der Waals surface area contributed by atoms with Gasteiger partial charge in [0.05, 0.1) is 12.8 Å². The van der Waals surface area contributed by atoms with Crippen molar-refractivity contribution < 1.29 is 23.7 Å². The SMILES string of the molecule is Nc1nc(=O)n([C@@H]2O[C@](N)(CO)[C@@H](O)[C@@H]2F)cc1F. The molecule has 0 aliphatic carbocycles. The number of ether oxygens (including phenoxy) is 1. The Morgan fingerprint density at radius 3 is 2.79 bits per heavy atom. The van der Waals surface area contributed by atoms with E-state index in [1.54, 1.807) is 0 Å². The zero-order valence-corrected chi connectivity index (χ0v) is 9.53. The van der Waals surface area contributed by atoms with Crippen molar-refractivity contribution in [2.24, 2.45) is 5.73 Å². The van der Waals surface area contributed by atoms with Crippen molar-refractivity contribution >= 4 is 5.82 Å². The van der Waals surface area contributed by atoms with Crippen molar-refractivity contribution in [1.82, 2.24) is 9.55 Å². The van der Waals surface area contributed by atoms with Crippen molar-refractivity contribution in [3.63, 3.8) is 0 Å². The van der Waals surface area contributed by atoms with Gasteiger partial charge in [0.15, 0.2) is 29.8 Å². The summed E-state index contributed by atoms with van der Waals surface area (Å²) in [6.07, 6.45) is -5.13. The van der Waals surface area contributed by atoms with Crippen LogP contribution in [-0.2, 0) is 4.74 Å². The normalized spacial score (nSPS) is 34.7. The Balaban J connectivity index is 2.44. The first-order chi connectivity index (χ1) is 8.80. The van der Waals surface area contributed by atoms with Crippen LogP contribution in [0, 0.1) is 5.82 Å². The molecule has 4 atom stereocenters. The molecule has 1 aliphatic rings. The van der Waals surface area contributed by atoms with Gasteiger partial charge in [0.25, 0.3) is 0 Å². The summed E-state index contributed by atoms with van der Waals surface area (Å²) in [5.41, 5.74) is 7.35. The standard InChI is InChI=1S/C9H12F2N4O4/c10-3-1-15(8(18)14-6(3)12)7-4(11)5(17)9(13,2-16)19-7/h1,4-5,7,16-17H,2,13H2,(H2,12,14,18)/t4-,5-,7+,9+/m0/s1. The van der Waals surface area contributed by atoms with E-state index >= 15 is 0 Å². The maximum absolute atomic E-state index is 13.9. The molecule has 0 spiro atoms. The van der Waals surface area contributed by atoms with E-state index in [9.17, 15) is 18.7 Å². The van der Waals surface area contributed by atoms with Crippen LogP contribution >= 0.6 is 0 Å². The Kier molecular flexibility index (Phi) is 3.26. The minimum Gasteiger partial charge on any atom is -0.392 e. The number of anilines is 1. The first kappa shape index (κ1) is 13.8. The molecule has 0 amide bonds. The number of nitrogen functional groups attached to an aromatic ring is 1. The van der Waals surface area contributed by atoms with Gasteiger partial charge in [-0.25, -0.2) is 13.6 Å². The number of halogens is 2. The van der Waals surface area contributed by atoms with Crippen molar-refractivity contribution in [2.75, 3.05) is 12.3 Å². The van der Waals surface area contributed by atoms with E-state index in [1.165, 1.54) is 0 Å². The third kappa shape index (κ3) is 2.08. The molecule has 1 aliphatic heterocycles. The average molecular weight is 278 g/mol. The van der Waals surface area contributed by atoms with Crippen LogP contribution in [0.25, 0.3) is 0 Å². The molecule has 1 aromatic heterocycles. The zero-order valence-electron chi connectivity index (χ0n) is 9.53. The predicted octanol–water partition coefficient (Wildman–Crippen LogP) is -2.16. The Bertz CT molecular complexity index is 554. The minimum absolute atomic E-state index is 0.476. The summed E-state index contributed by atoms with van der Waals surface area (Å²) in [6.45, 7) is -0.884. The van der Waals surface area contributed by atoms with Gasteiger partial charge in [-0.1, -0.05) is 0 Å². The lowest BCUT2D eigenvalue weighted by atomic mass is 10.1. The van der Waals surface area contributed by atoms with Crippen molar-refractivity contribution in [3.8, 4) is 0 Å². The molecule has 0 aromatic carbocycles. The highest BCUT2D eigenvalue weighted by molar-refractivity contribution is 5.26. The molecular formula is C9H12F2N4O4. The van der Waals surface area contributed by atoms with Crippen LogP contribution in [0.2, 0.25) is 0 Å². The molecular weight excluding hydrogens is 266 g/mol. The van der Waals surface area contributed by atoms with Gasteiger partial charge in [0.1, 0.15) is 6.10 Å². The fraction of sp³-hybridized carbons (Fsp3) is 0.556. The van der Waals surface area contributed by atoms with Gasteiger partial charge in [0, 0.05) is 0 Å². The number of alkyl halides is 1. The number of nitrogens with two attached hydrogens (primary N) is 2. The Hall–Kier alpha value is -1.62. The number of aromatic nitrogens is 2. The summed E-state index contributed by atoms with van der Waals surface area (Å²) < 4.78 is 32.5. The van der Waals surface area contributed by atoms with Crippen LogP contribution in [0.3, 0.4) is 0 Å². The summed E-state index contributed by atoms with van der Waals surface area (Å²) >= 11 is 0. The van der Waals surface area contributed by atoms with Gasteiger partial charge in [-0.2, -0.15) is 4.98 Å². The fourth-order valence-corrected chi connectivity index (χ4v) is 1.77. The average Bonchev–Trinajstić information content (AvgIpc) is 2.59. The Morgan fingerprint density at radius 1 is 1.63 bits per heavy atom. The van der Waals surface area contributed by atoms with Gasteiger partial charge in [-0.05, 0) is 0 Å². The van der Waals surface area contributed by atoms with E-state index in [1.807, 2.05) is 0 Å². The summed E-state index contributed by atoms with van der Waals surface area (Å²) in [6, 6.07) is 0. The molecule has 0 bridgehead atoms. The lowest BCUT2D eigenvalue weighted by Crippen LogP contribution is -2.53. The lowest BCUT2D eigenvalue weighted by Gasteiger charge is -2.24. The van der Waals surface area contributed by atoms with E-state index < -0.39 is 48.2 Å². The Morgan fingerprint density at radius 2 is 2.26 bits per heavy atom. The molecule has 6 N–H and O–H groups in total.